The zero-order chi connectivity index (χ0) is 18.1. The number of hydrogen-bond acceptors (Lipinski definition) is 4. The molecule has 0 fully saturated rings. The lowest BCUT2D eigenvalue weighted by molar-refractivity contribution is 0.222. The summed E-state index contributed by atoms with van der Waals surface area (Å²) < 4.78 is 6.87. The number of urea groups is 1. The molecule has 1 aromatic carbocycles. The summed E-state index contributed by atoms with van der Waals surface area (Å²) in [5, 5.41) is 0. The van der Waals surface area contributed by atoms with E-state index < -0.39 is 6.03 Å². The number of rotatable bonds is 2. The number of carbonyl (C=O) groups excluding carboxylic acids is 1. The number of amidine groups is 1. The van der Waals surface area contributed by atoms with E-state index in [2.05, 4.69) is 33.1 Å². The van der Waals surface area contributed by atoms with Gasteiger partial charge in [-0.3, -0.25) is 9.89 Å². The Morgan fingerprint density at radius 1 is 1.40 bits per heavy atom. The first-order valence-corrected chi connectivity index (χ1v) is 9.64. The van der Waals surface area contributed by atoms with Crippen LogP contribution in [0.5, 0.6) is 5.75 Å². The molecule has 3 rings (SSSR count). The lowest BCUT2D eigenvalue weighted by atomic mass is 10.1. The van der Waals surface area contributed by atoms with E-state index in [1.807, 2.05) is 26.0 Å². The number of aliphatic imine (C=N–C) groups is 1. The molecule has 5 nitrogen and oxygen atoms in total. The first-order chi connectivity index (χ1) is 11.9. The summed E-state index contributed by atoms with van der Waals surface area (Å²) in [6.45, 7) is 4.47. The van der Waals surface area contributed by atoms with Gasteiger partial charge in [0.25, 0.3) is 0 Å². The summed E-state index contributed by atoms with van der Waals surface area (Å²) in [5.74, 6) is 1.48. The maximum Gasteiger partial charge on any atom is 0.320 e. The Morgan fingerprint density at radius 3 is 2.80 bits per heavy atom. The van der Waals surface area contributed by atoms with Crippen molar-refractivity contribution in [3.05, 3.63) is 39.2 Å². The van der Waals surface area contributed by atoms with Crippen molar-refractivity contribution >= 4 is 39.1 Å². The first-order valence-electron chi connectivity index (χ1n) is 8.03. The van der Waals surface area contributed by atoms with Gasteiger partial charge in [0.15, 0.2) is 0 Å². The Kier molecular flexibility index (Phi) is 5.15. The molecule has 0 aliphatic carbocycles. The van der Waals surface area contributed by atoms with Crippen LogP contribution in [0, 0.1) is 0 Å². The molecular weight excluding hydrogens is 402 g/mol. The Balaban J connectivity index is 2.10. The van der Waals surface area contributed by atoms with Crippen molar-refractivity contribution in [3.63, 3.8) is 0 Å². The van der Waals surface area contributed by atoms with E-state index in [1.165, 1.54) is 10.5 Å². The van der Waals surface area contributed by atoms with E-state index in [9.17, 15) is 4.79 Å². The average Bonchev–Trinajstić information content (AvgIpc) is 2.88. The molecular formula is C18H20BrN3O2S. The molecule has 1 aliphatic heterocycles. The Morgan fingerprint density at radius 2 is 2.16 bits per heavy atom. The molecule has 132 valence electrons. The number of fused-ring (bicyclic) bond motifs is 3. The van der Waals surface area contributed by atoms with Gasteiger partial charge < -0.3 is 10.5 Å². The van der Waals surface area contributed by atoms with Gasteiger partial charge in [-0.2, -0.15) is 0 Å². The maximum atomic E-state index is 11.9. The third-order valence-corrected chi connectivity index (χ3v) is 5.74. The molecule has 0 atom stereocenters. The number of hydrogen-bond donors (Lipinski definition) is 1. The van der Waals surface area contributed by atoms with Crippen LogP contribution in [0.1, 0.15) is 24.3 Å². The molecule has 0 spiro atoms. The number of halogens is 1. The molecule has 2 aromatic rings. The summed E-state index contributed by atoms with van der Waals surface area (Å²) in [6.07, 6.45) is 0.813. The molecule has 2 heterocycles. The lowest BCUT2D eigenvalue weighted by Crippen LogP contribution is -2.45. The van der Waals surface area contributed by atoms with Crippen LogP contribution < -0.4 is 10.5 Å². The molecule has 0 bridgehead atoms. The number of thiophene rings is 1. The van der Waals surface area contributed by atoms with E-state index in [0.717, 1.165) is 32.0 Å². The van der Waals surface area contributed by atoms with Gasteiger partial charge in [0.1, 0.15) is 11.6 Å². The highest BCUT2D eigenvalue weighted by atomic mass is 79.9. The van der Waals surface area contributed by atoms with Crippen LogP contribution >= 0.6 is 27.3 Å². The second-order valence-corrected chi connectivity index (χ2v) is 8.02. The highest BCUT2D eigenvalue weighted by Crippen LogP contribution is 2.42. The first kappa shape index (κ1) is 17.9. The van der Waals surface area contributed by atoms with Gasteiger partial charge in [-0.1, -0.05) is 15.9 Å². The van der Waals surface area contributed by atoms with Crippen LogP contribution in [0.2, 0.25) is 0 Å². The zero-order valence-corrected chi connectivity index (χ0v) is 16.8. The molecule has 2 amide bonds. The van der Waals surface area contributed by atoms with Gasteiger partial charge >= 0.3 is 6.03 Å². The minimum Gasteiger partial charge on any atom is -0.493 e. The molecule has 1 aromatic heterocycles. The minimum atomic E-state index is -0.494. The fourth-order valence-corrected chi connectivity index (χ4v) is 4.58. The van der Waals surface area contributed by atoms with Gasteiger partial charge in [-0.25, -0.2) is 4.79 Å². The zero-order valence-electron chi connectivity index (χ0n) is 14.4. The van der Waals surface area contributed by atoms with Gasteiger partial charge in [0.2, 0.25) is 0 Å². The van der Waals surface area contributed by atoms with Crippen LogP contribution in [-0.4, -0.2) is 36.5 Å². The molecule has 0 saturated carbocycles. The van der Waals surface area contributed by atoms with Crippen LogP contribution in [0.25, 0.3) is 10.4 Å². The fourth-order valence-electron chi connectivity index (χ4n) is 2.97. The largest absolute Gasteiger partial charge is 0.493 e. The maximum absolute atomic E-state index is 11.9. The van der Waals surface area contributed by atoms with E-state index in [1.54, 1.807) is 18.4 Å². The minimum absolute atomic E-state index is 0.0651. The third-order valence-electron chi connectivity index (χ3n) is 4.04. The van der Waals surface area contributed by atoms with Crippen molar-refractivity contribution in [3.8, 4) is 16.2 Å². The molecule has 0 saturated heterocycles. The SMILES string of the molecule is CN=C(c1cc2c(s1)-c1ccc(Br)cc1OCC2)N(C(N)=O)C(C)C. The predicted octanol–water partition coefficient (Wildman–Crippen LogP) is 4.28. The molecule has 7 heteroatoms. The van der Waals surface area contributed by atoms with E-state index >= 15 is 0 Å². The normalized spacial score (nSPS) is 13.7. The highest BCUT2D eigenvalue weighted by Gasteiger charge is 2.26. The molecule has 1 aliphatic rings. The van der Waals surface area contributed by atoms with Crippen molar-refractivity contribution in [2.24, 2.45) is 10.7 Å². The monoisotopic (exact) mass is 421 g/mol. The number of nitrogens with zero attached hydrogens (tertiary/aromatic N) is 2. The van der Waals surface area contributed by atoms with Crippen LogP contribution in [0.15, 0.2) is 33.7 Å². The van der Waals surface area contributed by atoms with Crippen molar-refractivity contribution in [2.45, 2.75) is 26.3 Å². The summed E-state index contributed by atoms with van der Waals surface area (Å²) in [6, 6.07) is 7.59. The van der Waals surface area contributed by atoms with Gasteiger partial charge in [-0.15, -0.1) is 11.3 Å². The summed E-state index contributed by atoms with van der Waals surface area (Å²) >= 11 is 5.11. The van der Waals surface area contributed by atoms with Gasteiger partial charge in [0, 0.05) is 34.4 Å². The van der Waals surface area contributed by atoms with E-state index in [0.29, 0.717) is 12.4 Å². The Hall–Kier alpha value is -1.86. The number of nitrogens with two attached hydrogens (primary N) is 1. The van der Waals surface area contributed by atoms with E-state index in [-0.39, 0.29) is 6.04 Å². The number of ether oxygens (including phenoxy) is 1. The van der Waals surface area contributed by atoms with Crippen molar-refractivity contribution in [1.29, 1.82) is 0 Å². The third kappa shape index (κ3) is 3.43. The van der Waals surface area contributed by atoms with E-state index in [4.69, 9.17) is 10.5 Å². The van der Waals surface area contributed by atoms with Crippen LogP contribution in [0.3, 0.4) is 0 Å². The van der Waals surface area contributed by atoms with Crippen LogP contribution in [0.4, 0.5) is 4.79 Å². The van der Waals surface area contributed by atoms with Crippen LogP contribution in [-0.2, 0) is 6.42 Å². The molecule has 0 unspecified atom stereocenters. The van der Waals surface area contributed by atoms with Crippen molar-refractivity contribution in [2.75, 3.05) is 13.7 Å². The number of amides is 2. The molecule has 25 heavy (non-hydrogen) atoms. The van der Waals surface area contributed by atoms with Gasteiger partial charge in [0.05, 0.1) is 11.5 Å². The van der Waals surface area contributed by atoms with Gasteiger partial charge in [-0.05, 0) is 43.7 Å². The topological polar surface area (TPSA) is 67.9 Å². The molecule has 0 radical (unpaired) electrons. The average molecular weight is 422 g/mol. The lowest BCUT2D eigenvalue weighted by Gasteiger charge is -2.25. The smallest absolute Gasteiger partial charge is 0.320 e. The van der Waals surface area contributed by atoms with Crippen molar-refractivity contribution < 1.29 is 9.53 Å². The summed E-state index contributed by atoms with van der Waals surface area (Å²) in [5.41, 5.74) is 7.85. The summed E-state index contributed by atoms with van der Waals surface area (Å²) in [7, 11) is 1.69. The molecule has 2 N–H and O–H groups in total. The second kappa shape index (κ2) is 7.17. The Bertz CT molecular complexity index is 845. The predicted molar refractivity (Wildman–Crippen MR) is 106 cm³/mol. The second-order valence-electron chi connectivity index (χ2n) is 6.05. The highest BCUT2D eigenvalue weighted by molar-refractivity contribution is 9.10. The fraction of sp³-hybridized carbons (Fsp3) is 0.333. The standard InChI is InChI=1S/C18H20BrN3O2S/c1-10(2)22(18(20)23)17(21-3)15-8-11-6-7-24-14-9-12(19)4-5-13(14)16(11)25-15/h4-5,8-10H,6-7H2,1-3H3,(H2,20,23). The summed E-state index contributed by atoms with van der Waals surface area (Å²) in [4.78, 5) is 19.9. The van der Waals surface area contributed by atoms with Crippen molar-refractivity contribution in [1.82, 2.24) is 4.90 Å². The quantitative estimate of drug-likeness (QED) is 0.580. The Labute approximate surface area is 159 Å². The number of primary amides is 1. The number of carbonyl (C=O) groups is 1. The number of benzene rings is 1.